The molecule has 0 radical (unpaired) electrons. The van der Waals surface area contributed by atoms with Gasteiger partial charge in [0.1, 0.15) is 5.82 Å². The second kappa shape index (κ2) is 6.48. The van der Waals surface area contributed by atoms with Gasteiger partial charge < -0.3 is 10.2 Å². The van der Waals surface area contributed by atoms with Crippen molar-refractivity contribution in [1.82, 2.24) is 9.97 Å². The number of anilines is 4. The van der Waals surface area contributed by atoms with Crippen molar-refractivity contribution in [2.75, 3.05) is 17.3 Å². The van der Waals surface area contributed by atoms with Gasteiger partial charge in [0, 0.05) is 30.2 Å². The van der Waals surface area contributed by atoms with Crippen molar-refractivity contribution in [2.45, 2.75) is 13.8 Å². The second-order valence-corrected chi connectivity index (χ2v) is 5.58. The molecule has 1 aromatic heterocycles. The topological polar surface area (TPSA) is 41.1 Å². The first-order valence-corrected chi connectivity index (χ1v) is 7.60. The van der Waals surface area contributed by atoms with Gasteiger partial charge in [0.25, 0.3) is 0 Å². The Morgan fingerprint density at radius 3 is 2.39 bits per heavy atom. The van der Waals surface area contributed by atoms with Crippen LogP contribution in [0.4, 0.5) is 23.1 Å². The lowest BCUT2D eigenvalue weighted by atomic mass is 10.2. The number of hydrogen-bond acceptors (Lipinski definition) is 4. The van der Waals surface area contributed by atoms with E-state index in [0.29, 0.717) is 5.95 Å². The molecule has 0 saturated carbocycles. The molecule has 3 aromatic rings. The molecule has 0 aliphatic rings. The summed E-state index contributed by atoms with van der Waals surface area (Å²) in [6.07, 6.45) is 0. The van der Waals surface area contributed by atoms with Crippen LogP contribution in [-0.2, 0) is 0 Å². The van der Waals surface area contributed by atoms with Crippen molar-refractivity contribution in [3.05, 3.63) is 71.9 Å². The number of aromatic nitrogens is 2. The van der Waals surface area contributed by atoms with E-state index in [1.807, 2.05) is 50.4 Å². The molecule has 0 saturated heterocycles. The van der Waals surface area contributed by atoms with Crippen LogP contribution in [0, 0.1) is 13.8 Å². The van der Waals surface area contributed by atoms with E-state index < -0.39 is 0 Å². The predicted octanol–water partition coefficient (Wildman–Crippen LogP) is 4.60. The number of para-hydroxylation sites is 1. The summed E-state index contributed by atoms with van der Waals surface area (Å²) in [5.41, 5.74) is 4.20. The number of benzene rings is 2. The maximum atomic E-state index is 4.64. The zero-order valence-electron chi connectivity index (χ0n) is 13.6. The molecule has 4 heteroatoms. The van der Waals surface area contributed by atoms with E-state index in [9.17, 15) is 0 Å². The zero-order valence-corrected chi connectivity index (χ0v) is 13.6. The minimum atomic E-state index is 0.605. The molecule has 0 aliphatic heterocycles. The van der Waals surface area contributed by atoms with Crippen molar-refractivity contribution >= 4 is 23.1 Å². The number of rotatable bonds is 4. The molecule has 1 heterocycles. The molecule has 0 aliphatic carbocycles. The lowest BCUT2D eigenvalue weighted by Crippen LogP contribution is -2.13. The van der Waals surface area contributed by atoms with Gasteiger partial charge in [0.15, 0.2) is 0 Å². The summed E-state index contributed by atoms with van der Waals surface area (Å²) in [4.78, 5) is 11.2. The molecule has 1 N–H and O–H groups in total. The Labute approximate surface area is 136 Å². The van der Waals surface area contributed by atoms with E-state index >= 15 is 0 Å². The average Bonchev–Trinajstić information content (AvgIpc) is 2.54. The molecule has 3 rings (SSSR count). The first-order chi connectivity index (χ1) is 11.1. The summed E-state index contributed by atoms with van der Waals surface area (Å²) in [6.45, 7) is 4.04. The molecule has 4 nitrogen and oxygen atoms in total. The molecular weight excluding hydrogens is 284 g/mol. The second-order valence-electron chi connectivity index (χ2n) is 5.58. The lowest BCUT2D eigenvalue weighted by molar-refractivity contribution is 1.05. The molecule has 2 aromatic carbocycles. The van der Waals surface area contributed by atoms with E-state index in [1.165, 1.54) is 5.56 Å². The smallest absolute Gasteiger partial charge is 0.229 e. The summed E-state index contributed by atoms with van der Waals surface area (Å²) in [7, 11) is 2.01. The molecule has 116 valence electrons. The van der Waals surface area contributed by atoms with Crippen LogP contribution < -0.4 is 10.2 Å². The molecule has 0 atom stereocenters. The quantitative estimate of drug-likeness (QED) is 0.764. The Morgan fingerprint density at radius 2 is 1.65 bits per heavy atom. The molecule has 0 fully saturated rings. The summed E-state index contributed by atoms with van der Waals surface area (Å²) in [5, 5.41) is 3.28. The van der Waals surface area contributed by atoms with Crippen molar-refractivity contribution in [3.63, 3.8) is 0 Å². The van der Waals surface area contributed by atoms with Crippen LogP contribution in [0.2, 0.25) is 0 Å². The first kappa shape index (κ1) is 15.0. The third-order valence-electron chi connectivity index (χ3n) is 3.60. The number of nitrogens with one attached hydrogen (secondary N) is 1. The highest BCUT2D eigenvalue weighted by Crippen LogP contribution is 2.24. The van der Waals surface area contributed by atoms with Crippen LogP contribution in [0.15, 0.2) is 60.7 Å². The van der Waals surface area contributed by atoms with Gasteiger partial charge in [-0.1, -0.05) is 30.3 Å². The normalized spacial score (nSPS) is 10.4. The van der Waals surface area contributed by atoms with Gasteiger partial charge >= 0.3 is 0 Å². The van der Waals surface area contributed by atoms with Gasteiger partial charge in [-0.05, 0) is 43.7 Å². The van der Waals surface area contributed by atoms with E-state index in [-0.39, 0.29) is 0 Å². The van der Waals surface area contributed by atoms with Crippen molar-refractivity contribution in [2.24, 2.45) is 0 Å². The Kier molecular flexibility index (Phi) is 4.24. The van der Waals surface area contributed by atoms with Gasteiger partial charge in [0.2, 0.25) is 5.95 Å². The fourth-order valence-electron chi connectivity index (χ4n) is 2.42. The fraction of sp³-hybridized carbons (Fsp3) is 0.158. The number of nitrogens with zero attached hydrogens (tertiary/aromatic N) is 3. The monoisotopic (exact) mass is 304 g/mol. The van der Waals surface area contributed by atoms with Crippen LogP contribution in [0.1, 0.15) is 11.3 Å². The minimum Gasteiger partial charge on any atom is -0.329 e. The largest absolute Gasteiger partial charge is 0.329 e. The van der Waals surface area contributed by atoms with Crippen molar-refractivity contribution < 1.29 is 0 Å². The van der Waals surface area contributed by atoms with Gasteiger partial charge in [-0.2, -0.15) is 4.98 Å². The van der Waals surface area contributed by atoms with Crippen LogP contribution >= 0.6 is 0 Å². The summed E-state index contributed by atoms with van der Waals surface area (Å²) >= 11 is 0. The van der Waals surface area contributed by atoms with E-state index in [1.54, 1.807) is 0 Å². The van der Waals surface area contributed by atoms with Crippen LogP contribution in [0.3, 0.4) is 0 Å². The minimum absolute atomic E-state index is 0.605. The summed E-state index contributed by atoms with van der Waals surface area (Å²) in [6, 6.07) is 20.3. The molecule has 0 unspecified atom stereocenters. The molecule has 0 amide bonds. The van der Waals surface area contributed by atoms with E-state index in [4.69, 9.17) is 0 Å². The Morgan fingerprint density at radius 1 is 0.870 bits per heavy atom. The highest BCUT2D eigenvalue weighted by molar-refractivity contribution is 5.62. The summed E-state index contributed by atoms with van der Waals surface area (Å²) < 4.78 is 0. The third-order valence-corrected chi connectivity index (χ3v) is 3.60. The number of hydrogen-bond donors (Lipinski definition) is 1. The van der Waals surface area contributed by atoms with E-state index in [2.05, 4.69) is 51.4 Å². The van der Waals surface area contributed by atoms with Gasteiger partial charge in [-0.25, -0.2) is 4.98 Å². The highest BCUT2D eigenvalue weighted by Gasteiger charge is 2.08. The molecule has 23 heavy (non-hydrogen) atoms. The molecule has 0 bridgehead atoms. The Hall–Kier alpha value is -2.88. The van der Waals surface area contributed by atoms with Crippen LogP contribution in [0.5, 0.6) is 0 Å². The Balaban J connectivity index is 1.90. The average molecular weight is 304 g/mol. The Bertz CT molecular complexity index is 799. The van der Waals surface area contributed by atoms with Crippen LogP contribution in [0.25, 0.3) is 0 Å². The van der Waals surface area contributed by atoms with Gasteiger partial charge in [-0.15, -0.1) is 0 Å². The SMILES string of the molecule is Cc1cccc(Nc2nc(C)cc(N(C)c3ccccc3)n2)c1. The molecular formula is C19H20N4. The number of aryl methyl sites for hydroxylation is 2. The molecule has 0 spiro atoms. The maximum Gasteiger partial charge on any atom is 0.229 e. The third kappa shape index (κ3) is 3.66. The van der Waals surface area contributed by atoms with Gasteiger partial charge in [0.05, 0.1) is 0 Å². The van der Waals surface area contributed by atoms with Crippen molar-refractivity contribution in [1.29, 1.82) is 0 Å². The summed E-state index contributed by atoms with van der Waals surface area (Å²) in [5.74, 6) is 1.47. The predicted molar refractivity (Wildman–Crippen MR) is 95.7 cm³/mol. The maximum absolute atomic E-state index is 4.64. The standard InChI is InChI=1S/C19H20N4/c1-14-8-7-9-16(12-14)21-19-20-15(2)13-18(22-19)23(3)17-10-5-4-6-11-17/h4-13H,1-3H3,(H,20,21,22). The van der Waals surface area contributed by atoms with Crippen LogP contribution in [-0.4, -0.2) is 17.0 Å². The van der Waals surface area contributed by atoms with E-state index in [0.717, 1.165) is 22.9 Å². The van der Waals surface area contributed by atoms with Crippen molar-refractivity contribution in [3.8, 4) is 0 Å². The lowest BCUT2D eigenvalue weighted by Gasteiger charge is -2.19. The van der Waals surface area contributed by atoms with Gasteiger partial charge in [-0.3, -0.25) is 0 Å². The first-order valence-electron chi connectivity index (χ1n) is 7.60. The fourth-order valence-corrected chi connectivity index (χ4v) is 2.42. The zero-order chi connectivity index (χ0) is 16.2. The highest BCUT2D eigenvalue weighted by atomic mass is 15.2.